The molecular formula is C16H27N3O. The van der Waals surface area contributed by atoms with Gasteiger partial charge in [-0.15, -0.1) is 0 Å². The van der Waals surface area contributed by atoms with E-state index in [2.05, 4.69) is 25.3 Å². The monoisotopic (exact) mass is 277 g/mol. The molecule has 1 aliphatic rings. The first-order valence-corrected chi connectivity index (χ1v) is 7.78. The maximum absolute atomic E-state index is 12.8. The molecule has 2 N–H and O–H groups in total. The summed E-state index contributed by atoms with van der Waals surface area (Å²) in [6, 6.07) is 4.86. The SMILES string of the molecule is CCN(C(=O)c1cccn1C(C)C)C1CCC(N)CC1. The van der Waals surface area contributed by atoms with Crippen LogP contribution in [0.2, 0.25) is 0 Å². The predicted octanol–water partition coefficient (Wildman–Crippen LogP) is 2.80. The number of aromatic nitrogens is 1. The average molecular weight is 277 g/mol. The van der Waals surface area contributed by atoms with Crippen molar-refractivity contribution < 1.29 is 4.79 Å². The Kier molecular flexibility index (Phi) is 4.86. The summed E-state index contributed by atoms with van der Waals surface area (Å²) in [5.74, 6) is 0.159. The first-order chi connectivity index (χ1) is 9.54. The van der Waals surface area contributed by atoms with Gasteiger partial charge in [0.2, 0.25) is 0 Å². The molecule has 0 atom stereocenters. The molecule has 1 aromatic rings. The fraction of sp³-hybridized carbons (Fsp3) is 0.688. The summed E-state index contributed by atoms with van der Waals surface area (Å²) in [7, 11) is 0. The second kappa shape index (κ2) is 6.44. The van der Waals surface area contributed by atoms with Gasteiger partial charge in [-0.05, 0) is 58.6 Å². The number of amides is 1. The molecule has 0 saturated heterocycles. The number of hydrogen-bond donors (Lipinski definition) is 1. The highest BCUT2D eigenvalue weighted by Crippen LogP contribution is 2.24. The number of hydrogen-bond acceptors (Lipinski definition) is 2. The van der Waals surface area contributed by atoms with E-state index in [1.165, 1.54) is 0 Å². The highest BCUT2D eigenvalue weighted by molar-refractivity contribution is 5.93. The number of nitrogens with zero attached hydrogens (tertiary/aromatic N) is 2. The van der Waals surface area contributed by atoms with E-state index in [1.807, 2.05) is 23.2 Å². The molecule has 1 saturated carbocycles. The van der Waals surface area contributed by atoms with Crippen LogP contribution in [0.15, 0.2) is 18.3 Å². The van der Waals surface area contributed by atoms with E-state index in [0.717, 1.165) is 37.9 Å². The first kappa shape index (κ1) is 15.1. The molecule has 1 aliphatic carbocycles. The maximum Gasteiger partial charge on any atom is 0.270 e. The van der Waals surface area contributed by atoms with E-state index in [-0.39, 0.29) is 5.91 Å². The van der Waals surface area contributed by atoms with Gasteiger partial charge >= 0.3 is 0 Å². The van der Waals surface area contributed by atoms with Crippen LogP contribution in [0.25, 0.3) is 0 Å². The smallest absolute Gasteiger partial charge is 0.270 e. The van der Waals surface area contributed by atoms with E-state index in [9.17, 15) is 4.79 Å². The zero-order chi connectivity index (χ0) is 14.7. The summed E-state index contributed by atoms with van der Waals surface area (Å²) < 4.78 is 2.06. The molecule has 1 fully saturated rings. The summed E-state index contributed by atoms with van der Waals surface area (Å²) in [6.45, 7) is 7.04. The summed E-state index contributed by atoms with van der Waals surface area (Å²) in [5, 5.41) is 0. The molecule has 1 aromatic heterocycles. The van der Waals surface area contributed by atoms with Crippen molar-refractivity contribution in [2.75, 3.05) is 6.54 Å². The van der Waals surface area contributed by atoms with Crippen molar-refractivity contribution in [3.63, 3.8) is 0 Å². The van der Waals surface area contributed by atoms with Gasteiger partial charge < -0.3 is 15.2 Å². The largest absolute Gasteiger partial charge is 0.341 e. The molecule has 0 spiro atoms. The van der Waals surface area contributed by atoms with Crippen molar-refractivity contribution in [2.45, 2.75) is 64.6 Å². The highest BCUT2D eigenvalue weighted by Gasteiger charge is 2.28. The maximum atomic E-state index is 12.8. The lowest BCUT2D eigenvalue weighted by atomic mass is 9.90. The minimum atomic E-state index is 0.159. The van der Waals surface area contributed by atoms with Crippen LogP contribution in [0, 0.1) is 0 Å². The Hall–Kier alpha value is -1.29. The third kappa shape index (κ3) is 3.06. The number of carbonyl (C=O) groups is 1. The molecule has 0 unspecified atom stereocenters. The summed E-state index contributed by atoms with van der Waals surface area (Å²) in [6.07, 6.45) is 6.11. The summed E-state index contributed by atoms with van der Waals surface area (Å²) in [4.78, 5) is 14.8. The van der Waals surface area contributed by atoms with Crippen molar-refractivity contribution in [3.8, 4) is 0 Å². The molecule has 0 aliphatic heterocycles. The molecule has 1 heterocycles. The van der Waals surface area contributed by atoms with Crippen LogP contribution in [-0.2, 0) is 0 Å². The Morgan fingerprint density at radius 1 is 1.40 bits per heavy atom. The highest BCUT2D eigenvalue weighted by atomic mass is 16.2. The molecule has 1 amide bonds. The standard InChI is InChI=1S/C16H27N3O/c1-4-18(14-9-7-13(17)8-10-14)16(20)15-6-5-11-19(15)12(2)3/h5-6,11-14H,4,7-10,17H2,1-3H3. The van der Waals surface area contributed by atoms with E-state index in [1.54, 1.807) is 0 Å². The van der Waals surface area contributed by atoms with Crippen LogP contribution in [0.3, 0.4) is 0 Å². The third-order valence-electron chi connectivity index (χ3n) is 4.34. The second-order valence-electron chi connectivity index (χ2n) is 6.05. The first-order valence-electron chi connectivity index (χ1n) is 7.78. The molecule has 4 nitrogen and oxygen atoms in total. The summed E-state index contributed by atoms with van der Waals surface area (Å²) >= 11 is 0. The fourth-order valence-electron chi connectivity index (χ4n) is 3.15. The van der Waals surface area contributed by atoms with E-state index in [0.29, 0.717) is 18.1 Å². The van der Waals surface area contributed by atoms with Crippen molar-refractivity contribution in [1.29, 1.82) is 0 Å². The predicted molar refractivity (Wildman–Crippen MR) is 81.8 cm³/mol. The van der Waals surface area contributed by atoms with Crippen LogP contribution in [0.1, 0.15) is 63.0 Å². The van der Waals surface area contributed by atoms with Crippen molar-refractivity contribution in [3.05, 3.63) is 24.0 Å². The molecular weight excluding hydrogens is 250 g/mol. The van der Waals surface area contributed by atoms with Crippen LogP contribution >= 0.6 is 0 Å². The number of nitrogens with two attached hydrogens (primary N) is 1. The van der Waals surface area contributed by atoms with Gasteiger partial charge in [0.05, 0.1) is 0 Å². The van der Waals surface area contributed by atoms with Crippen molar-refractivity contribution in [1.82, 2.24) is 9.47 Å². The second-order valence-corrected chi connectivity index (χ2v) is 6.05. The molecule has 20 heavy (non-hydrogen) atoms. The lowest BCUT2D eigenvalue weighted by molar-refractivity contribution is 0.0628. The van der Waals surface area contributed by atoms with E-state index in [4.69, 9.17) is 5.73 Å². The Balaban J connectivity index is 2.14. The minimum Gasteiger partial charge on any atom is -0.341 e. The molecule has 112 valence electrons. The van der Waals surface area contributed by atoms with Gasteiger partial charge in [-0.1, -0.05) is 0 Å². The quantitative estimate of drug-likeness (QED) is 0.920. The molecule has 0 bridgehead atoms. The van der Waals surface area contributed by atoms with Gasteiger partial charge in [-0.2, -0.15) is 0 Å². The van der Waals surface area contributed by atoms with Gasteiger partial charge in [0, 0.05) is 30.9 Å². The van der Waals surface area contributed by atoms with Crippen LogP contribution < -0.4 is 5.73 Å². The fourth-order valence-corrected chi connectivity index (χ4v) is 3.15. The van der Waals surface area contributed by atoms with Crippen molar-refractivity contribution in [2.24, 2.45) is 5.73 Å². The zero-order valence-electron chi connectivity index (χ0n) is 12.9. The topological polar surface area (TPSA) is 51.3 Å². The molecule has 2 rings (SSSR count). The van der Waals surface area contributed by atoms with Crippen LogP contribution in [0.5, 0.6) is 0 Å². The number of carbonyl (C=O) groups excluding carboxylic acids is 1. The normalized spacial score (nSPS) is 23.1. The molecule has 0 radical (unpaired) electrons. The van der Waals surface area contributed by atoms with Gasteiger partial charge in [0.25, 0.3) is 5.91 Å². The summed E-state index contributed by atoms with van der Waals surface area (Å²) in [5.41, 5.74) is 6.77. The zero-order valence-corrected chi connectivity index (χ0v) is 12.9. The molecule has 4 heteroatoms. The van der Waals surface area contributed by atoms with Gasteiger partial charge in [0.15, 0.2) is 0 Å². The van der Waals surface area contributed by atoms with Crippen molar-refractivity contribution >= 4 is 5.91 Å². The third-order valence-corrected chi connectivity index (χ3v) is 4.34. The van der Waals surface area contributed by atoms with Crippen LogP contribution in [0.4, 0.5) is 0 Å². The Labute approximate surface area is 121 Å². The Morgan fingerprint density at radius 2 is 2.05 bits per heavy atom. The van der Waals surface area contributed by atoms with E-state index < -0.39 is 0 Å². The Morgan fingerprint density at radius 3 is 2.60 bits per heavy atom. The van der Waals surface area contributed by atoms with Gasteiger partial charge in [-0.25, -0.2) is 0 Å². The average Bonchev–Trinajstić information content (AvgIpc) is 2.91. The molecule has 0 aromatic carbocycles. The van der Waals surface area contributed by atoms with Gasteiger partial charge in [0.1, 0.15) is 5.69 Å². The minimum absolute atomic E-state index is 0.159. The van der Waals surface area contributed by atoms with Gasteiger partial charge in [-0.3, -0.25) is 4.79 Å². The van der Waals surface area contributed by atoms with E-state index >= 15 is 0 Å². The van der Waals surface area contributed by atoms with Crippen LogP contribution in [-0.4, -0.2) is 34.0 Å². The Bertz CT molecular complexity index is 444. The lowest BCUT2D eigenvalue weighted by Gasteiger charge is -2.35. The number of rotatable bonds is 4. The lowest BCUT2D eigenvalue weighted by Crippen LogP contribution is -2.44.